The Balaban J connectivity index is 1.93. The molecule has 2 heterocycles. The van der Waals surface area contributed by atoms with Crippen molar-refractivity contribution in [3.05, 3.63) is 40.6 Å². The average Bonchev–Trinajstić information content (AvgIpc) is 3.08. The Bertz CT molecular complexity index is 1170. The zero-order valence-electron chi connectivity index (χ0n) is 16.4. The van der Waals surface area contributed by atoms with Crippen LogP contribution in [0.15, 0.2) is 35.1 Å². The van der Waals surface area contributed by atoms with E-state index in [1.165, 1.54) is 15.2 Å². The van der Waals surface area contributed by atoms with Gasteiger partial charge in [-0.2, -0.15) is 0 Å². The number of hydrogen-bond donors (Lipinski definition) is 3. The molecule has 148 valence electrons. The summed E-state index contributed by atoms with van der Waals surface area (Å²) in [6, 6.07) is 9.80. The van der Waals surface area contributed by atoms with Crippen LogP contribution in [-0.4, -0.2) is 61.9 Å². The molecule has 0 saturated heterocycles. The third-order valence-electron chi connectivity index (χ3n) is 5.35. The molecule has 0 aliphatic heterocycles. The Morgan fingerprint density at radius 3 is 2.79 bits per heavy atom. The number of anilines is 1. The fraction of sp³-hybridized carbons (Fsp3) is 0.381. The molecule has 0 bridgehead atoms. The number of aromatic amines is 1. The third kappa shape index (κ3) is 3.40. The first-order valence-corrected chi connectivity index (χ1v) is 11.6. The molecule has 7 heteroatoms. The zero-order chi connectivity index (χ0) is 19.7. The summed E-state index contributed by atoms with van der Waals surface area (Å²) in [4.78, 5) is 14.4. The number of nitrogens with two attached hydrogens (primary N) is 1. The van der Waals surface area contributed by atoms with Crippen LogP contribution in [0.25, 0.3) is 30.3 Å². The van der Waals surface area contributed by atoms with E-state index in [2.05, 4.69) is 46.0 Å². The van der Waals surface area contributed by atoms with Crippen molar-refractivity contribution in [1.82, 2.24) is 14.7 Å². The quantitative estimate of drug-likeness (QED) is 0.288. The number of likely N-dealkylation sites (N-methyl/N-ethyl adjacent to an activating group) is 1. The van der Waals surface area contributed by atoms with Gasteiger partial charge in [0.15, 0.2) is 0 Å². The van der Waals surface area contributed by atoms with Gasteiger partial charge in [-0.15, -0.1) is 0 Å². The van der Waals surface area contributed by atoms with Crippen molar-refractivity contribution in [3.8, 4) is 0 Å². The van der Waals surface area contributed by atoms with E-state index in [-0.39, 0.29) is 19.9 Å². The third-order valence-corrected chi connectivity index (χ3v) is 7.84. The van der Waals surface area contributed by atoms with Crippen molar-refractivity contribution in [2.45, 2.75) is 20.4 Å². The molecule has 0 radical (unpaired) electrons. The van der Waals surface area contributed by atoms with Gasteiger partial charge in [0.05, 0.1) is 0 Å². The van der Waals surface area contributed by atoms with Gasteiger partial charge in [-0.1, -0.05) is 0 Å². The Labute approximate surface area is 170 Å². The molecule has 0 aliphatic rings. The molecule has 4 N–H and O–H groups in total. The first-order chi connectivity index (χ1) is 13.7. The molecule has 2 aromatic carbocycles. The maximum atomic E-state index is 12.0. The van der Waals surface area contributed by atoms with Crippen molar-refractivity contribution in [1.29, 1.82) is 0 Å². The van der Waals surface area contributed by atoms with E-state index in [4.69, 9.17) is 5.73 Å². The number of aromatic nitrogens is 2. The van der Waals surface area contributed by atoms with Gasteiger partial charge >= 0.3 is 170 Å². The van der Waals surface area contributed by atoms with Crippen LogP contribution >= 0.6 is 0 Å². The van der Waals surface area contributed by atoms with Gasteiger partial charge in [0, 0.05) is 0 Å². The average molecular weight is 444 g/mol. The zero-order valence-corrected chi connectivity index (χ0v) is 18.1. The Morgan fingerprint density at radius 2 is 2.04 bits per heavy atom. The van der Waals surface area contributed by atoms with Crippen LogP contribution in [0.1, 0.15) is 13.8 Å². The Morgan fingerprint density at radius 1 is 1.21 bits per heavy atom. The van der Waals surface area contributed by atoms with Gasteiger partial charge in [-0.05, 0) is 0 Å². The molecule has 4 aromatic rings. The van der Waals surface area contributed by atoms with Crippen LogP contribution in [0.5, 0.6) is 0 Å². The minimum absolute atomic E-state index is 0.0775. The molecular formula is C21H27N5OSe. The first-order valence-electron chi connectivity index (χ1n) is 9.90. The number of H-pyrrole nitrogens is 1. The van der Waals surface area contributed by atoms with Crippen molar-refractivity contribution < 1.29 is 0 Å². The summed E-state index contributed by atoms with van der Waals surface area (Å²) < 4.78 is 4.72. The molecule has 0 fully saturated rings. The molecule has 0 amide bonds. The van der Waals surface area contributed by atoms with E-state index in [9.17, 15) is 4.79 Å². The van der Waals surface area contributed by atoms with Crippen LogP contribution in [0.2, 0.25) is 0 Å². The molecule has 4 rings (SSSR count). The van der Waals surface area contributed by atoms with Crippen LogP contribution in [0.4, 0.5) is 5.69 Å². The van der Waals surface area contributed by atoms with E-state index in [1.807, 2.05) is 6.07 Å². The number of benzene rings is 2. The fourth-order valence-electron chi connectivity index (χ4n) is 3.80. The summed E-state index contributed by atoms with van der Waals surface area (Å²) in [6.07, 6.45) is 0. The van der Waals surface area contributed by atoms with Crippen molar-refractivity contribution in [3.63, 3.8) is 0 Å². The predicted molar refractivity (Wildman–Crippen MR) is 120 cm³/mol. The number of hydrogen-bond acceptors (Lipinski definition) is 4. The second kappa shape index (κ2) is 8.13. The van der Waals surface area contributed by atoms with Gasteiger partial charge in [-0.25, -0.2) is 0 Å². The van der Waals surface area contributed by atoms with Gasteiger partial charge in [0.2, 0.25) is 0 Å². The van der Waals surface area contributed by atoms with Crippen LogP contribution < -0.4 is 16.5 Å². The van der Waals surface area contributed by atoms with Crippen LogP contribution in [0, 0.1) is 0 Å². The summed E-state index contributed by atoms with van der Waals surface area (Å²) in [5.74, 6) is 0. The normalized spacial score (nSPS) is 12.0. The van der Waals surface area contributed by atoms with Crippen molar-refractivity contribution in [2.24, 2.45) is 5.73 Å². The monoisotopic (exact) mass is 445 g/mol. The van der Waals surface area contributed by atoms with E-state index in [0.717, 1.165) is 53.6 Å². The molecule has 6 nitrogen and oxygen atoms in total. The van der Waals surface area contributed by atoms with Crippen LogP contribution in [0.3, 0.4) is 0 Å². The molecule has 0 atom stereocenters. The summed E-state index contributed by atoms with van der Waals surface area (Å²) >= 11 is 0.0814. The van der Waals surface area contributed by atoms with Gasteiger partial charge in [-0.3, -0.25) is 0 Å². The SMILES string of the molecule is CCN(CC)CCn1[nH]c2c3ccc(=O)cc3[se]c3c(NCCN)ccc1c32. The number of nitrogens with zero attached hydrogens (tertiary/aromatic N) is 2. The molecule has 28 heavy (non-hydrogen) atoms. The maximum absolute atomic E-state index is 12.0. The molecule has 0 aliphatic carbocycles. The molecule has 0 spiro atoms. The van der Waals surface area contributed by atoms with E-state index >= 15 is 0 Å². The van der Waals surface area contributed by atoms with Gasteiger partial charge in [0.25, 0.3) is 0 Å². The minimum atomic E-state index is 0.0775. The number of fused-ring (bicyclic) bond motifs is 2. The number of nitrogens with one attached hydrogen (secondary N) is 2. The molecule has 0 saturated carbocycles. The second-order valence-electron chi connectivity index (χ2n) is 6.98. The Kier molecular flexibility index (Phi) is 5.60. The van der Waals surface area contributed by atoms with E-state index < -0.39 is 0 Å². The second-order valence-corrected chi connectivity index (χ2v) is 9.18. The summed E-state index contributed by atoms with van der Waals surface area (Å²) in [7, 11) is 0. The molecule has 0 unspecified atom stereocenters. The number of rotatable bonds is 8. The summed E-state index contributed by atoms with van der Waals surface area (Å²) in [6.45, 7) is 9.77. The van der Waals surface area contributed by atoms with E-state index in [1.54, 1.807) is 12.1 Å². The first kappa shape index (κ1) is 19.3. The van der Waals surface area contributed by atoms with Gasteiger partial charge < -0.3 is 0 Å². The van der Waals surface area contributed by atoms with Crippen LogP contribution in [-0.2, 0) is 6.54 Å². The Hall–Kier alpha value is -2.05. The van der Waals surface area contributed by atoms with Crippen molar-refractivity contribution >= 4 is 50.5 Å². The predicted octanol–water partition coefficient (Wildman–Crippen LogP) is 2.41. The van der Waals surface area contributed by atoms with E-state index in [0.29, 0.717) is 6.54 Å². The summed E-state index contributed by atoms with van der Waals surface area (Å²) in [5, 5.41) is 9.56. The molecular weight excluding hydrogens is 417 g/mol. The fourth-order valence-corrected chi connectivity index (χ4v) is 6.39. The molecule has 2 aromatic heterocycles. The van der Waals surface area contributed by atoms with Crippen molar-refractivity contribution in [2.75, 3.05) is 38.0 Å². The summed E-state index contributed by atoms with van der Waals surface area (Å²) in [5.41, 5.74) is 9.28. The standard InChI is InChI=1S/C21H27N5OSe/c1-3-25(4-2)11-12-26-17-8-7-16(23-10-9-22)21-19(17)20(24-26)15-6-5-14(27)13-18(15)28-21/h5-8,13,23-24H,3-4,9-12,22H2,1-2H3. The van der Waals surface area contributed by atoms with Gasteiger partial charge in [0.1, 0.15) is 0 Å². The topological polar surface area (TPSA) is 79.1 Å².